The Kier molecular flexibility index (Phi) is 9.70. The van der Waals surface area contributed by atoms with Gasteiger partial charge in [-0.1, -0.05) is 37.0 Å². The summed E-state index contributed by atoms with van der Waals surface area (Å²) in [6.45, 7) is 6.06. The fourth-order valence-corrected chi connectivity index (χ4v) is 4.44. The van der Waals surface area contributed by atoms with E-state index in [9.17, 15) is 9.59 Å². The van der Waals surface area contributed by atoms with Crippen molar-refractivity contribution in [2.75, 3.05) is 54.1 Å². The summed E-state index contributed by atoms with van der Waals surface area (Å²) in [6, 6.07) is 8.10. The predicted molar refractivity (Wildman–Crippen MR) is 139 cm³/mol. The third-order valence-corrected chi connectivity index (χ3v) is 6.54. The van der Waals surface area contributed by atoms with Crippen LogP contribution in [0, 0.1) is 5.92 Å². The van der Waals surface area contributed by atoms with Crippen molar-refractivity contribution in [1.82, 2.24) is 9.80 Å². The van der Waals surface area contributed by atoms with E-state index in [0.717, 1.165) is 0 Å². The standard InChI is InChI=1S/C26H32Cl2N2O6/c1-16(2)13-30(26(32)18-11-22(33-3)24(35-5)23(12-18)34-4)15-19-14-29(8-9-36-19)25(31)17-6-7-20(27)21(28)10-17/h6-7,10-12,16,19H,8-9,13-15H2,1-5H3/t19-/m1/s1. The Labute approximate surface area is 221 Å². The van der Waals surface area contributed by atoms with Gasteiger partial charge in [-0.3, -0.25) is 9.59 Å². The maximum Gasteiger partial charge on any atom is 0.254 e. The van der Waals surface area contributed by atoms with Gasteiger partial charge >= 0.3 is 0 Å². The third kappa shape index (κ3) is 6.55. The maximum atomic E-state index is 13.6. The monoisotopic (exact) mass is 538 g/mol. The lowest BCUT2D eigenvalue weighted by Gasteiger charge is -2.36. The lowest BCUT2D eigenvalue weighted by atomic mass is 10.1. The molecule has 1 saturated heterocycles. The molecule has 0 aromatic heterocycles. The number of amides is 2. The van der Waals surface area contributed by atoms with Gasteiger partial charge in [0, 0.05) is 37.3 Å². The molecule has 1 aliphatic heterocycles. The first-order valence-corrected chi connectivity index (χ1v) is 12.4. The molecule has 2 amide bonds. The van der Waals surface area contributed by atoms with Crippen LogP contribution in [-0.4, -0.2) is 81.8 Å². The highest BCUT2D eigenvalue weighted by atomic mass is 35.5. The first-order valence-electron chi connectivity index (χ1n) is 11.6. The quantitative estimate of drug-likeness (QED) is 0.462. The van der Waals surface area contributed by atoms with Gasteiger partial charge in [-0.15, -0.1) is 0 Å². The molecule has 196 valence electrons. The number of ether oxygens (including phenoxy) is 4. The Morgan fingerprint density at radius 3 is 2.25 bits per heavy atom. The van der Waals surface area contributed by atoms with Crippen molar-refractivity contribution in [3.8, 4) is 17.2 Å². The molecule has 2 aromatic carbocycles. The molecule has 0 bridgehead atoms. The van der Waals surface area contributed by atoms with Crippen LogP contribution in [0.2, 0.25) is 10.0 Å². The predicted octanol–water partition coefficient (Wildman–Crippen LogP) is 4.66. The number of benzene rings is 2. The zero-order valence-corrected chi connectivity index (χ0v) is 22.7. The van der Waals surface area contributed by atoms with Crippen LogP contribution < -0.4 is 14.2 Å². The molecule has 1 atom stereocenters. The lowest BCUT2D eigenvalue weighted by molar-refractivity contribution is -0.0340. The molecule has 0 saturated carbocycles. The van der Waals surface area contributed by atoms with Crippen molar-refractivity contribution in [2.45, 2.75) is 20.0 Å². The highest BCUT2D eigenvalue weighted by molar-refractivity contribution is 6.42. The molecule has 8 nitrogen and oxygen atoms in total. The first-order chi connectivity index (χ1) is 17.2. The molecule has 1 heterocycles. The van der Waals surface area contributed by atoms with Gasteiger partial charge in [0.15, 0.2) is 11.5 Å². The van der Waals surface area contributed by atoms with Crippen LogP contribution in [0.1, 0.15) is 34.6 Å². The van der Waals surface area contributed by atoms with E-state index in [4.69, 9.17) is 42.1 Å². The molecule has 0 radical (unpaired) electrons. The summed E-state index contributed by atoms with van der Waals surface area (Å²) in [6.07, 6.45) is -0.352. The van der Waals surface area contributed by atoms with Crippen LogP contribution in [0.4, 0.5) is 0 Å². The second-order valence-electron chi connectivity index (χ2n) is 8.89. The number of hydrogen-bond acceptors (Lipinski definition) is 6. The van der Waals surface area contributed by atoms with Crippen molar-refractivity contribution in [3.05, 3.63) is 51.5 Å². The fraction of sp³-hybridized carbons (Fsp3) is 0.462. The number of halogens is 2. The van der Waals surface area contributed by atoms with Gasteiger partial charge < -0.3 is 28.7 Å². The van der Waals surface area contributed by atoms with Gasteiger partial charge in [-0.05, 0) is 36.2 Å². The Balaban J connectivity index is 1.80. The molecular formula is C26H32Cl2N2O6. The Bertz CT molecular complexity index is 1070. The average Bonchev–Trinajstić information content (AvgIpc) is 2.87. The summed E-state index contributed by atoms with van der Waals surface area (Å²) in [5.74, 6) is 1.08. The molecule has 0 spiro atoms. The zero-order valence-electron chi connectivity index (χ0n) is 21.2. The average molecular weight is 539 g/mol. The smallest absolute Gasteiger partial charge is 0.254 e. The van der Waals surface area contributed by atoms with E-state index >= 15 is 0 Å². The Morgan fingerprint density at radius 2 is 1.69 bits per heavy atom. The van der Waals surface area contributed by atoms with Crippen molar-refractivity contribution < 1.29 is 28.5 Å². The van der Waals surface area contributed by atoms with Crippen molar-refractivity contribution >= 4 is 35.0 Å². The second-order valence-corrected chi connectivity index (χ2v) is 9.71. The van der Waals surface area contributed by atoms with Gasteiger partial charge in [0.1, 0.15) is 0 Å². The molecule has 10 heteroatoms. The van der Waals surface area contributed by atoms with Gasteiger partial charge in [0.05, 0.1) is 44.1 Å². The zero-order chi connectivity index (χ0) is 26.4. The fourth-order valence-electron chi connectivity index (χ4n) is 4.14. The summed E-state index contributed by atoms with van der Waals surface area (Å²) in [5.41, 5.74) is 0.863. The normalized spacial score (nSPS) is 15.6. The van der Waals surface area contributed by atoms with E-state index in [1.807, 2.05) is 13.8 Å². The summed E-state index contributed by atoms with van der Waals surface area (Å²) >= 11 is 12.1. The number of carbonyl (C=O) groups is 2. The lowest BCUT2D eigenvalue weighted by Crippen LogP contribution is -2.51. The third-order valence-electron chi connectivity index (χ3n) is 5.80. The van der Waals surface area contributed by atoms with Gasteiger partial charge in [0.2, 0.25) is 5.75 Å². The molecule has 0 aliphatic carbocycles. The van der Waals surface area contributed by atoms with Crippen molar-refractivity contribution in [1.29, 1.82) is 0 Å². The summed E-state index contributed by atoms with van der Waals surface area (Å²) in [7, 11) is 4.53. The molecule has 36 heavy (non-hydrogen) atoms. The molecule has 1 fully saturated rings. The number of morpholine rings is 1. The minimum absolute atomic E-state index is 0.159. The van der Waals surface area contributed by atoms with Crippen LogP contribution in [0.5, 0.6) is 17.2 Å². The molecule has 1 aliphatic rings. The van der Waals surface area contributed by atoms with E-state index in [-0.39, 0.29) is 23.8 Å². The summed E-state index contributed by atoms with van der Waals surface area (Å²) in [4.78, 5) is 30.1. The number of hydrogen-bond donors (Lipinski definition) is 0. The molecular weight excluding hydrogens is 507 g/mol. The molecule has 2 aromatic rings. The van der Waals surface area contributed by atoms with Crippen LogP contribution in [0.25, 0.3) is 0 Å². The second kappa shape index (κ2) is 12.5. The highest BCUT2D eigenvalue weighted by Crippen LogP contribution is 2.38. The van der Waals surface area contributed by atoms with E-state index in [0.29, 0.717) is 71.2 Å². The minimum Gasteiger partial charge on any atom is -0.493 e. The number of methoxy groups -OCH3 is 3. The summed E-state index contributed by atoms with van der Waals surface area (Å²) in [5, 5.41) is 0.717. The Morgan fingerprint density at radius 1 is 1.03 bits per heavy atom. The maximum absolute atomic E-state index is 13.6. The van der Waals surface area contributed by atoms with Crippen LogP contribution in [0.15, 0.2) is 30.3 Å². The number of nitrogens with zero attached hydrogens (tertiary/aromatic N) is 2. The molecule has 3 rings (SSSR count). The van der Waals surface area contributed by atoms with Crippen LogP contribution in [0.3, 0.4) is 0 Å². The van der Waals surface area contributed by atoms with Gasteiger partial charge in [-0.2, -0.15) is 0 Å². The Hall–Kier alpha value is -2.68. The molecule has 0 unspecified atom stereocenters. The van der Waals surface area contributed by atoms with Crippen LogP contribution >= 0.6 is 23.2 Å². The van der Waals surface area contributed by atoms with Crippen LogP contribution in [-0.2, 0) is 4.74 Å². The van der Waals surface area contributed by atoms with E-state index in [1.54, 1.807) is 40.1 Å². The minimum atomic E-state index is -0.352. The van der Waals surface area contributed by atoms with Gasteiger partial charge in [0.25, 0.3) is 11.8 Å². The van der Waals surface area contributed by atoms with E-state index in [2.05, 4.69) is 0 Å². The summed E-state index contributed by atoms with van der Waals surface area (Å²) < 4.78 is 22.2. The van der Waals surface area contributed by atoms with Gasteiger partial charge in [-0.25, -0.2) is 0 Å². The van der Waals surface area contributed by atoms with Crippen molar-refractivity contribution in [3.63, 3.8) is 0 Å². The number of carbonyl (C=O) groups excluding carboxylic acids is 2. The first kappa shape index (κ1) is 27.9. The van der Waals surface area contributed by atoms with E-state index in [1.165, 1.54) is 21.3 Å². The van der Waals surface area contributed by atoms with E-state index < -0.39 is 0 Å². The largest absolute Gasteiger partial charge is 0.493 e. The topological polar surface area (TPSA) is 77.5 Å². The number of rotatable bonds is 9. The SMILES string of the molecule is COc1cc(C(=O)N(CC(C)C)C[C@H]2CN(C(=O)c3ccc(Cl)c(Cl)c3)CCO2)cc(OC)c1OC. The van der Waals surface area contributed by atoms with Crippen molar-refractivity contribution in [2.24, 2.45) is 5.92 Å². The molecule has 0 N–H and O–H groups in total. The highest BCUT2D eigenvalue weighted by Gasteiger charge is 2.30.